The van der Waals surface area contributed by atoms with Crippen LogP contribution in [0, 0.1) is 17.6 Å². The van der Waals surface area contributed by atoms with Gasteiger partial charge in [-0.1, -0.05) is 11.6 Å². The van der Waals surface area contributed by atoms with Crippen LogP contribution in [0.5, 0.6) is 0 Å². The van der Waals surface area contributed by atoms with Gasteiger partial charge in [-0.2, -0.15) is 4.98 Å². The summed E-state index contributed by atoms with van der Waals surface area (Å²) in [5.41, 5.74) is 6.20. The summed E-state index contributed by atoms with van der Waals surface area (Å²) in [5, 5.41) is 5.69. The van der Waals surface area contributed by atoms with Crippen molar-refractivity contribution >= 4 is 46.3 Å². The van der Waals surface area contributed by atoms with Crippen molar-refractivity contribution in [1.82, 2.24) is 19.5 Å². The molecule has 1 aliphatic carbocycles. The third-order valence-electron chi connectivity index (χ3n) is 6.88. The maximum atomic E-state index is 14.6. The molecule has 0 bridgehead atoms. The molecule has 38 heavy (non-hydrogen) atoms. The van der Waals surface area contributed by atoms with Crippen LogP contribution >= 0.6 is 11.6 Å². The number of hydrogen-bond acceptors (Lipinski definition) is 6. The summed E-state index contributed by atoms with van der Waals surface area (Å²) < 4.78 is 56.1. The summed E-state index contributed by atoms with van der Waals surface area (Å²) in [7, 11) is 0. The van der Waals surface area contributed by atoms with E-state index in [0.29, 0.717) is 62.5 Å². The number of imidazole rings is 1. The van der Waals surface area contributed by atoms with Crippen molar-refractivity contribution in [2.45, 2.75) is 63.5 Å². The van der Waals surface area contributed by atoms with Gasteiger partial charge in [-0.05, 0) is 63.5 Å². The van der Waals surface area contributed by atoms with Crippen molar-refractivity contribution in [2.75, 3.05) is 24.0 Å². The molecule has 1 aliphatic rings. The molecular weight excluding hydrogens is 526 g/mol. The van der Waals surface area contributed by atoms with Crippen LogP contribution in [-0.4, -0.2) is 44.8 Å². The fourth-order valence-corrected chi connectivity index (χ4v) is 5.02. The van der Waals surface area contributed by atoms with Gasteiger partial charge in [0, 0.05) is 18.0 Å². The Morgan fingerprint density at radius 1 is 1.08 bits per heavy atom. The van der Waals surface area contributed by atoms with Crippen molar-refractivity contribution in [3.8, 4) is 0 Å². The maximum Gasteiger partial charge on any atom is 0.224 e. The number of alkyl halides is 2. The first kappa shape index (κ1) is 27.9. The summed E-state index contributed by atoms with van der Waals surface area (Å²) in [6.45, 7) is -0.962. The molecule has 0 unspecified atom stereocenters. The summed E-state index contributed by atoms with van der Waals surface area (Å²) >= 11 is 5.70. The molecule has 0 atom stereocenters. The van der Waals surface area contributed by atoms with Gasteiger partial charge in [0.25, 0.3) is 0 Å². The highest BCUT2D eigenvalue weighted by Gasteiger charge is 2.29. The topological polar surface area (TPSA) is 111 Å². The van der Waals surface area contributed by atoms with Crippen molar-refractivity contribution in [3.05, 3.63) is 35.0 Å². The molecule has 2 heterocycles. The summed E-state index contributed by atoms with van der Waals surface area (Å²) in [6.07, 6.45) is 5.43. The second-order valence-corrected chi connectivity index (χ2v) is 9.87. The van der Waals surface area contributed by atoms with Crippen LogP contribution in [-0.2, 0) is 4.79 Å². The van der Waals surface area contributed by atoms with Gasteiger partial charge in [-0.15, -0.1) is 0 Å². The van der Waals surface area contributed by atoms with Crippen molar-refractivity contribution < 1.29 is 22.4 Å². The summed E-state index contributed by atoms with van der Waals surface area (Å²) in [6, 6.07) is 2.18. The number of aromatic nitrogens is 4. The number of carbonyl (C=O) groups excluding carboxylic acids is 1. The Bertz CT molecular complexity index is 1260. The molecule has 2 aromatic heterocycles. The average molecular weight is 556 g/mol. The third kappa shape index (κ3) is 6.28. The van der Waals surface area contributed by atoms with Crippen LogP contribution in [0.3, 0.4) is 0 Å². The van der Waals surface area contributed by atoms with E-state index in [2.05, 4.69) is 25.6 Å². The Kier molecular flexibility index (Phi) is 9.24. The second-order valence-electron chi connectivity index (χ2n) is 9.47. The molecule has 206 valence electrons. The smallest absolute Gasteiger partial charge is 0.224 e. The molecule has 3 aromatic rings. The number of nitrogens with zero attached hydrogens (tertiary/aromatic N) is 4. The van der Waals surface area contributed by atoms with E-state index in [-0.39, 0.29) is 46.5 Å². The first-order chi connectivity index (χ1) is 18.3. The number of fused-ring (bicyclic) bond motifs is 1. The van der Waals surface area contributed by atoms with E-state index in [1.54, 1.807) is 4.57 Å². The van der Waals surface area contributed by atoms with E-state index >= 15 is 0 Å². The summed E-state index contributed by atoms with van der Waals surface area (Å²) in [5.74, 6) is -2.43. The molecule has 0 aliphatic heterocycles. The van der Waals surface area contributed by atoms with Crippen LogP contribution in [0.1, 0.15) is 57.4 Å². The van der Waals surface area contributed by atoms with Gasteiger partial charge in [0.1, 0.15) is 5.52 Å². The van der Waals surface area contributed by atoms with Crippen molar-refractivity contribution in [3.63, 3.8) is 0 Å². The highest BCUT2D eigenvalue weighted by Crippen LogP contribution is 2.37. The van der Waals surface area contributed by atoms with E-state index in [0.717, 1.165) is 0 Å². The number of amides is 1. The Labute approximate surface area is 222 Å². The van der Waals surface area contributed by atoms with Crippen LogP contribution in [0.4, 0.5) is 35.1 Å². The standard InChI is InChI=1S/C25H30ClF4N7O/c26-17-9-10-18(21(30)20(17)29)34-25-35-19-13-32-24(33-15(3-1-11-27)4-2-12-28)36-23(19)37(25)16-7-5-14(6-8-16)22(31)38/h9-10,13-16H,1-8,11-12H2,(H2,31,38)(H,34,35)(H,32,33,36). The lowest BCUT2D eigenvalue weighted by molar-refractivity contribution is -0.122. The molecule has 1 saturated carbocycles. The Morgan fingerprint density at radius 3 is 2.39 bits per heavy atom. The normalized spacial score (nSPS) is 17.7. The van der Waals surface area contributed by atoms with E-state index in [1.165, 1.54) is 18.3 Å². The van der Waals surface area contributed by atoms with Gasteiger partial charge < -0.3 is 16.4 Å². The minimum Gasteiger partial charge on any atom is -0.369 e. The molecule has 0 radical (unpaired) electrons. The lowest BCUT2D eigenvalue weighted by Gasteiger charge is -2.29. The number of benzene rings is 1. The molecule has 1 amide bonds. The van der Waals surface area contributed by atoms with Gasteiger partial charge in [0.15, 0.2) is 17.3 Å². The fraction of sp³-hybridized carbons (Fsp3) is 0.520. The molecule has 4 N–H and O–H groups in total. The van der Waals surface area contributed by atoms with E-state index in [4.69, 9.17) is 17.3 Å². The van der Waals surface area contributed by atoms with Crippen LogP contribution in [0.2, 0.25) is 5.02 Å². The lowest BCUT2D eigenvalue weighted by Crippen LogP contribution is -2.29. The highest BCUT2D eigenvalue weighted by atomic mass is 35.5. The van der Waals surface area contributed by atoms with Crippen LogP contribution in [0.25, 0.3) is 11.2 Å². The molecule has 8 nitrogen and oxygen atoms in total. The largest absolute Gasteiger partial charge is 0.369 e. The number of carbonyl (C=O) groups is 1. The molecule has 0 spiro atoms. The van der Waals surface area contributed by atoms with Gasteiger partial charge in [0.2, 0.25) is 17.8 Å². The Balaban J connectivity index is 1.70. The first-order valence-corrected chi connectivity index (χ1v) is 13.0. The zero-order valence-electron chi connectivity index (χ0n) is 20.7. The Hall–Kier alpha value is -3.15. The number of anilines is 3. The number of rotatable bonds is 12. The number of nitrogens with two attached hydrogens (primary N) is 1. The maximum absolute atomic E-state index is 14.6. The predicted octanol–water partition coefficient (Wildman–Crippen LogP) is 6.00. The van der Waals surface area contributed by atoms with Gasteiger partial charge in [-0.25, -0.2) is 18.7 Å². The van der Waals surface area contributed by atoms with E-state index in [9.17, 15) is 22.4 Å². The van der Waals surface area contributed by atoms with E-state index in [1.807, 2.05) is 0 Å². The predicted molar refractivity (Wildman–Crippen MR) is 138 cm³/mol. The number of nitrogens with one attached hydrogen (secondary N) is 2. The minimum atomic E-state index is -1.18. The number of hydrogen-bond donors (Lipinski definition) is 3. The quantitative estimate of drug-likeness (QED) is 0.187. The summed E-state index contributed by atoms with van der Waals surface area (Å²) in [4.78, 5) is 25.2. The number of halogens is 5. The minimum absolute atomic E-state index is 0.155. The monoisotopic (exact) mass is 555 g/mol. The zero-order valence-corrected chi connectivity index (χ0v) is 21.5. The SMILES string of the molecule is NC(=O)C1CCC(n2c(Nc3ccc(Cl)c(F)c3F)nc3cnc(NC(CCCF)CCCF)nc32)CC1. The van der Waals surface area contributed by atoms with Crippen LogP contribution in [0.15, 0.2) is 18.3 Å². The van der Waals surface area contributed by atoms with Gasteiger partial charge in [0.05, 0.1) is 30.3 Å². The highest BCUT2D eigenvalue weighted by molar-refractivity contribution is 6.30. The zero-order chi connectivity index (χ0) is 27.2. The van der Waals surface area contributed by atoms with Crippen molar-refractivity contribution in [1.29, 1.82) is 0 Å². The third-order valence-corrected chi connectivity index (χ3v) is 7.18. The molecule has 1 fully saturated rings. The van der Waals surface area contributed by atoms with E-state index < -0.39 is 25.0 Å². The molecular formula is C25H30ClF4N7O. The Morgan fingerprint density at radius 2 is 1.76 bits per heavy atom. The fourth-order valence-electron chi connectivity index (χ4n) is 4.87. The second kappa shape index (κ2) is 12.6. The molecule has 13 heteroatoms. The lowest BCUT2D eigenvalue weighted by atomic mass is 9.85. The average Bonchev–Trinajstić information content (AvgIpc) is 3.27. The molecule has 4 rings (SSSR count). The molecule has 1 aromatic carbocycles. The van der Waals surface area contributed by atoms with Crippen LogP contribution < -0.4 is 16.4 Å². The van der Waals surface area contributed by atoms with Gasteiger partial charge in [-0.3, -0.25) is 18.1 Å². The number of primary amides is 1. The van der Waals surface area contributed by atoms with Crippen molar-refractivity contribution in [2.24, 2.45) is 11.7 Å². The van der Waals surface area contributed by atoms with Gasteiger partial charge >= 0.3 is 0 Å². The first-order valence-electron chi connectivity index (χ1n) is 12.7. The molecule has 0 saturated heterocycles.